The third kappa shape index (κ3) is 4.06. The van der Waals surface area contributed by atoms with Crippen LogP contribution in [0, 0.1) is 0 Å². The zero-order valence-corrected chi connectivity index (χ0v) is 11.7. The quantitative estimate of drug-likeness (QED) is 0.795. The average Bonchev–Trinajstić information content (AvgIpc) is 2.42. The van der Waals surface area contributed by atoms with Crippen LogP contribution in [-0.4, -0.2) is 15.0 Å². The summed E-state index contributed by atoms with van der Waals surface area (Å²) in [5.74, 6) is 0. The average molecular weight is 297 g/mol. The van der Waals surface area contributed by atoms with Gasteiger partial charge >= 0.3 is 0 Å². The predicted molar refractivity (Wildman–Crippen MR) is 74.7 cm³/mol. The monoisotopic (exact) mass is 296 g/mol. The molecule has 3 nitrogen and oxygen atoms in total. The molecule has 2 aromatic carbocycles. The van der Waals surface area contributed by atoms with E-state index in [4.69, 9.17) is 15.8 Å². The van der Waals surface area contributed by atoms with Gasteiger partial charge in [-0.15, -0.1) is 0 Å². The van der Waals surface area contributed by atoms with Crippen molar-refractivity contribution in [1.29, 1.82) is 0 Å². The first kappa shape index (κ1) is 14.1. The van der Waals surface area contributed by atoms with Gasteiger partial charge in [-0.2, -0.15) is 8.42 Å². The molecule has 0 aromatic heterocycles. The van der Waals surface area contributed by atoms with Gasteiger partial charge in [-0.25, -0.2) is 0 Å². The molecule has 0 radical (unpaired) electrons. The maximum Gasteiger partial charge on any atom is 0.296 e. The topological polar surface area (TPSA) is 43.4 Å². The van der Waals surface area contributed by atoms with Crippen LogP contribution >= 0.6 is 11.6 Å². The molecule has 2 rings (SSSR count). The summed E-state index contributed by atoms with van der Waals surface area (Å²) in [7, 11) is -3.66. The minimum Gasteiger partial charge on any atom is -0.266 e. The Labute approximate surface area is 117 Å². The lowest BCUT2D eigenvalue weighted by molar-refractivity contribution is 0.322. The van der Waals surface area contributed by atoms with Gasteiger partial charge in [0, 0.05) is 5.02 Å². The minimum atomic E-state index is -3.66. The molecule has 0 atom stereocenters. The molecule has 0 fully saturated rings. The van der Waals surface area contributed by atoms with Crippen molar-refractivity contribution in [3.63, 3.8) is 0 Å². The van der Waals surface area contributed by atoms with Crippen molar-refractivity contribution in [2.75, 3.05) is 6.61 Å². The Morgan fingerprint density at radius 1 is 0.947 bits per heavy atom. The molecule has 0 saturated heterocycles. The summed E-state index contributed by atoms with van der Waals surface area (Å²) in [5, 5.41) is 0.654. The summed E-state index contributed by atoms with van der Waals surface area (Å²) in [5.41, 5.74) is 0.979. The van der Waals surface area contributed by atoms with Crippen LogP contribution in [0.15, 0.2) is 59.5 Å². The van der Waals surface area contributed by atoms with E-state index in [9.17, 15) is 8.42 Å². The minimum absolute atomic E-state index is 0.110. The number of benzene rings is 2. The molecule has 0 aliphatic carbocycles. The SMILES string of the molecule is O=S(=O)(OCCc1ccc(Cl)cc1)c1ccccc1. The second kappa shape index (κ2) is 6.19. The highest BCUT2D eigenvalue weighted by molar-refractivity contribution is 7.86. The van der Waals surface area contributed by atoms with E-state index in [2.05, 4.69) is 0 Å². The van der Waals surface area contributed by atoms with Crippen LogP contribution in [0.3, 0.4) is 0 Å². The summed E-state index contributed by atoms with van der Waals surface area (Å²) in [6.07, 6.45) is 0.517. The third-order valence-corrected chi connectivity index (χ3v) is 4.15. The molecule has 100 valence electrons. The van der Waals surface area contributed by atoms with Crippen LogP contribution in [0.5, 0.6) is 0 Å². The first-order chi connectivity index (χ1) is 9.08. The molecule has 19 heavy (non-hydrogen) atoms. The van der Waals surface area contributed by atoms with Gasteiger partial charge in [0.25, 0.3) is 10.1 Å². The first-order valence-corrected chi connectivity index (χ1v) is 7.55. The molecule has 5 heteroatoms. The van der Waals surface area contributed by atoms with Crippen LogP contribution in [0.1, 0.15) is 5.56 Å². The maximum atomic E-state index is 11.8. The van der Waals surface area contributed by atoms with Crippen LogP contribution in [-0.2, 0) is 20.7 Å². The van der Waals surface area contributed by atoms with E-state index in [-0.39, 0.29) is 11.5 Å². The third-order valence-electron chi connectivity index (χ3n) is 2.57. The van der Waals surface area contributed by atoms with E-state index in [1.807, 2.05) is 12.1 Å². The van der Waals surface area contributed by atoms with Gasteiger partial charge < -0.3 is 0 Å². The smallest absolute Gasteiger partial charge is 0.266 e. The van der Waals surface area contributed by atoms with Crippen molar-refractivity contribution < 1.29 is 12.6 Å². The van der Waals surface area contributed by atoms with E-state index in [1.165, 1.54) is 12.1 Å². The van der Waals surface area contributed by atoms with Gasteiger partial charge in [0.1, 0.15) is 0 Å². The van der Waals surface area contributed by atoms with E-state index in [0.717, 1.165) is 5.56 Å². The summed E-state index contributed by atoms with van der Waals surface area (Å²) in [6.45, 7) is 0.110. The highest BCUT2D eigenvalue weighted by Crippen LogP contribution is 2.13. The number of rotatable bonds is 5. The molecule has 0 spiro atoms. The molecule has 0 heterocycles. The standard InChI is InChI=1S/C14H13ClO3S/c15-13-8-6-12(7-9-13)10-11-18-19(16,17)14-4-2-1-3-5-14/h1-9H,10-11H2. The summed E-state index contributed by atoms with van der Waals surface area (Å²) in [4.78, 5) is 0.172. The Bertz CT molecular complexity index is 622. The van der Waals surface area contributed by atoms with Gasteiger partial charge in [0.05, 0.1) is 11.5 Å². The predicted octanol–water partition coefficient (Wildman–Crippen LogP) is 3.29. The van der Waals surface area contributed by atoms with Crippen molar-refractivity contribution in [1.82, 2.24) is 0 Å². The zero-order chi connectivity index (χ0) is 13.7. The van der Waals surface area contributed by atoms with Crippen molar-refractivity contribution in [3.05, 3.63) is 65.2 Å². The molecule has 0 amide bonds. The van der Waals surface area contributed by atoms with Crippen LogP contribution < -0.4 is 0 Å². The summed E-state index contributed by atoms with van der Waals surface area (Å²) < 4.78 is 28.7. The highest BCUT2D eigenvalue weighted by atomic mass is 35.5. The Morgan fingerprint density at radius 3 is 2.21 bits per heavy atom. The van der Waals surface area contributed by atoms with Gasteiger partial charge in [0.15, 0.2) is 0 Å². The summed E-state index contributed by atoms with van der Waals surface area (Å²) in [6, 6.07) is 15.3. The fourth-order valence-electron chi connectivity index (χ4n) is 1.58. The number of hydrogen-bond donors (Lipinski definition) is 0. The first-order valence-electron chi connectivity index (χ1n) is 5.77. The molecule has 0 aliphatic rings. The molecular formula is C14H13ClO3S. The van der Waals surface area contributed by atoms with E-state index >= 15 is 0 Å². The number of hydrogen-bond acceptors (Lipinski definition) is 3. The molecule has 0 saturated carbocycles. The molecule has 0 unspecified atom stereocenters. The lowest BCUT2D eigenvalue weighted by atomic mass is 10.2. The van der Waals surface area contributed by atoms with Crippen LogP contribution in [0.25, 0.3) is 0 Å². The van der Waals surface area contributed by atoms with Crippen LogP contribution in [0.4, 0.5) is 0 Å². The Morgan fingerprint density at radius 2 is 1.58 bits per heavy atom. The molecular weight excluding hydrogens is 284 g/mol. The van der Waals surface area contributed by atoms with Crippen LogP contribution in [0.2, 0.25) is 5.02 Å². The van der Waals surface area contributed by atoms with E-state index in [0.29, 0.717) is 11.4 Å². The molecule has 0 aliphatic heterocycles. The largest absolute Gasteiger partial charge is 0.296 e. The molecule has 0 bridgehead atoms. The Balaban J connectivity index is 1.94. The lowest BCUT2D eigenvalue weighted by Crippen LogP contribution is -2.09. The normalized spacial score (nSPS) is 11.4. The fourth-order valence-corrected chi connectivity index (χ4v) is 2.63. The summed E-state index contributed by atoms with van der Waals surface area (Å²) >= 11 is 5.77. The van der Waals surface area contributed by atoms with Gasteiger partial charge in [0.2, 0.25) is 0 Å². The van der Waals surface area contributed by atoms with Gasteiger partial charge in [-0.1, -0.05) is 41.9 Å². The highest BCUT2D eigenvalue weighted by Gasteiger charge is 2.13. The van der Waals surface area contributed by atoms with Crippen molar-refractivity contribution in [2.24, 2.45) is 0 Å². The Kier molecular flexibility index (Phi) is 4.58. The van der Waals surface area contributed by atoms with E-state index in [1.54, 1.807) is 30.3 Å². The van der Waals surface area contributed by atoms with Crippen molar-refractivity contribution in [2.45, 2.75) is 11.3 Å². The lowest BCUT2D eigenvalue weighted by Gasteiger charge is -2.05. The van der Waals surface area contributed by atoms with Crippen molar-refractivity contribution in [3.8, 4) is 0 Å². The van der Waals surface area contributed by atoms with Crippen molar-refractivity contribution >= 4 is 21.7 Å². The Hall–Kier alpha value is -1.36. The molecule has 2 aromatic rings. The van der Waals surface area contributed by atoms with E-state index < -0.39 is 10.1 Å². The van der Waals surface area contributed by atoms with Gasteiger partial charge in [-0.3, -0.25) is 4.18 Å². The zero-order valence-electron chi connectivity index (χ0n) is 10.1. The second-order valence-electron chi connectivity index (χ2n) is 3.97. The fraction of sp³-hybridized carbons (Fsp3) is 0.143. The maximum absolute atomic E-state index is 11.8. The second-order valence-corrected chi connectivity index (χ2v) is 6.02. The van der Waals surface area contributed by atoms with Gasteiger partial charge in [-0.05, 0) is 36.2 Å². The molecule has 0 N–H and O–H groups in total. The number of halogens is 1.